The largest absolute Gasteiger partial charge is 0.497 e. The van der Waals surface area contributed by atoms with Gasteiger partial charge in [0.05, 0.1) is 12.7 Å². The number of ether oxygens (including phenoxy) is 2. The number of benzene rings is 2. The van der Waals surface area contributed by atoms with E-state index in [0.29, 0.717) is 11.4 Å². The van der Waals surface area contributed by atoms with Gasteiger partial charge in [0.25, 0.3) is 5.91 Å². The molecule has 0 aliphatic heterocycles. The molecule has 21 heavy (non-hydrogen) atoms. The Morgan fingerprint density at radius 3 is 2.62 bits per heavy atom. The molecule has 2 aromatic carbocycles. The zero-order valence-electron chi connectivity index (χ0n) is 11.2. The number of hydrogen-bond acceptors (Lipinski definition) is 3. The first-order valence-electron chi connectivity index (χ1n) is 6.09. The highest BCUT2D eigenvalue weighted by Crippen LogP contribution is 2.23. The van der Waals surface area contributed by atoms with Crippen LogP contribution in [0, 0.1) is 0 Å². The van der Waals surface area contributed by atoms with Crippen molar-refractivity contribution in [3.8, 4) is 11.5 Å². The van der Waals surface area contributed by atoms with Crippen molar-refractivity contribution in [2.45, 2.75) is 6.61 Å². The number of carbonyl (C=O) groups excluding carboxylic acids is 1. The van der Waals surface area contributed by atoms with Crippen molar-refractivity contribution in [3.05, 3.63) is 54.1 Å². The number of nitrogens with one attached hydrogen (secondary N) is 1. The molecule has 0 fully saturated rings. The van der Waals surface area contributed by atoms with Gasteiger partial charge in [-0.15, -0.1) is 0 Å². The third-order valence-electron chi connectivity index (χ3n) is 2.68. The summed E-state index contributed by atoms with van der Waals surface area (Å²) in [5, 5.41) is 2.60. The molecule has 6 heteroatoms. The van der Waals surface area contributed by atoms with Crippen LogP contribution in [-0.2, 0) is 0 Å². The van der Waals surface area contributed by atoms with Crippen LogP contribution in [0.1, 0.15) is 10.4 Å². The lowest BCUT2D eigenvalue weighted by Gasteiger charge is -2.11. The predicted molar refractivity (Wildman–Crippen MR) is 74.0 cm³/mol. The van der Waals surface area contributed by atoms with Crippen molar-refractivity contribution in [2.75, 3.05) is 12.4 Å². The quantitative estimate of drug-likeness (QED) is 0.917. The molecular formula is C15H13F2NO3. The van der Waals surface area contributed by atoms with Crippen molar-refractivity contribution >= 4 is 11.6 Å². The lowest BCUT2D eigenvalue weighted by molar-refractivity contribution is -0.0501. The van der Waals surface area contributed by atoms with Crippen molar-refractivity contribution in [1.82, 2.24) is 0 Å². The van der Waals surface area contributed by atoms with Gasteiger partial charge >= 0.3 is 6.61 Å². The number of methoxy groups -OCH3 is 1. The summed E-state index contributed by atoms with van der Waals surface area (Å²) in [6, 6.07) is 12.5. The third kappa shape index (κ3) is 3.92. The van der Waals surface area contributed by atoms with Crippen LogP contribution in [0.5, 0.6) is 11.5 Å². The monoisotopic (exact) mass is 293 g/mol. The van der Waals surface area contributed by atoms with Crippen LogP contribution in [-0.4, -0.2) is 19.6 Å². The Balaban J connectivity index is 2.20. The Hall–Kier alpha value is -2.63. The lowest BCUT2D eigenvalue weighted by atomic mass is 10.2. The van der Waals surface area contributed by atoms with Crippen LogP contribution in [0.15, 0.2) is 48.5 Å². The number of para-hydroxylation sites is 1. The highest BCUT2D eigenvalue weighted by molar-refractivity contribution is 6.06. The van der Waals surface area contributed by atoms with E-state index >= 15 is 0 Å². The second-order valence-electron chi connectivity index (χ2n) is 4.06. The Bertz CT molecular complexity index is 632. The fraction of sp³-hybridized carbons (Fsp3) is 0.133. The highest BCUT2D eigenvalue weighted by Gasteiger charge is 2.15. The first kappa shape index (κ1) is 14.8. The van der Waals surface area contributed by atoms with Crippen molar-refractivity contribution in [1.29, 1.82) is 0 Å². The van der Waals surface area contributed by atoms with Gasteiger partial charge in [0, 0.05) is 11.8 Å². The van der Waals surface area contributed by atoms with E-state index in [1.165, 1.54) is 25.3 Å². The van der Waals surface area contributed by atoms with Gasteiger partial charge in [0.2, 0.25) is 0 Å². The molecule has 1 amide bonds. The number of amides is 1. The van der Waals surface area contributed by atoms with E-state index in [9.17, 15) is 13.6 Å². The van der Waals surface area contributed by atoms with E-state index in [0.717, 1.165) is 0 Å². The molecule has 4 nitrogen and oxygen atoms in total. The Kier molecular flexibility index (Phi) is 4.71. The molecule has 0 saturated carbocycles. The number of halogens is 2. The molecule has 110 valence electrons. The third-order valence-corrected chi connectivity index (χ3v) is 2.68. The molecule has 1 N–H and O–H groups in total. The van der Waals surface area contributed by atoms with Crippen LogP contribution in [0.2, 0.25) is 0 Å². The summed E-state index contributed by atoms with van der Waals surface area (Å²) < 4.78 is 34.0. The van der Waals surface area contributed by atoms with Gasteiger partial charge in [-0.3, -0.25) is 4.79 Å². The minimum Gasteiger partial charge on any atom is -0.497 e. The maximum atomic E-state index is 12.3. The van der Waals surface area contributed by atoms with Gasteiger partial charge in [-0.25, -0.2) is 0 Å². The van der Waals surface area contributed by atoms with Gasteiger partial charge in [-0.1, -0.05) is 18.2 Å². The van der Waals surface area contributed by atoms with Gasteiger partial charge in [-0.05, 0) is 24.3 Å². The van der Waals surface area contributed by atoms with Gasteiger partial charge in [-0.2, -0.15) is 8.78 Å². The maximum Gasteiger partial charge on any atom is 0.387 e. The minimum atomic E-state index is -2.99. The zero-order valence-corrected chi connectivity index (χ0v) is 11.2. The van der Waals surface area contributed by atoms with E-state index in [2.05, 4.69) is 10.1 Å². The molecule has 0 aromatic heterocycles. The number of anilines is 1. The fourth-order valence-electron chi connectivity index (χ4n) is 1.75. The second-order valence-corrected chi connectivity index (χ2v) is 4.06. The smallest absolute Gasteiger partial charge is 0.387 e. The molecule has 0 aliphatic carbocycles. The lowest BCUT2D eigenvalue weighted by Crippen LogP contribution is -2.15. The molecule has 0 atom stereocenters. The highest BCUT2D eigenvalue weighted by atomic mass is 19.3. The van der Waals surface area contributed by atoms with Crippen molar-refractivity contribution in [2.24, 2.45) is 0 Å². The van der Waals surface area contributed by atoms with Gasteiger partial charge in [0.15, 0.2) is 0 Å². The van der Waals surface area contributed by atoms with E-state index in [4.69, 9.17) is 4.74 Å². The molecule has 0 bridgehead atoms. The van der Waals surface area contributed by atoms with Crippen molar-refractivity contribution < 1.29 is 23.0 Å². The molecule has 2 rings (SSSR count). The summed E-state index contributed by atoms with van der Waals surface area (Å²) in [4.78, 5) is 12.1. The maximum absolute atomic E-state index is 12.3. The van der Waals surface area contributed by atoms with Gasteiger partial charge < -0.3 is 14.8 Å². The summed E-state index contributed by atoms with van der Waals surface area (Å²) in [5.41, 5.74) is 0.520. The first-order chi connectivity index (χ1) is 10.1. The molecular weight excluding hydrogens is 280 g/mol. The Morgan fingerprint density at radius 1 is 1.14 bits per heavy atom. The molecule has 0 aliphatic rings. The number of alkyl halides is 2. The molecule has 2 aromatic rings. The minimum absolute atomic E-state index is 0.0284. The standard InChI is InChI=1S/C15H13F2NO3/c1-20-11-6-4-5-10(9-11)18-14(19)12-7-2-3-8-13(12)21-15(16)17/h2-9,15H,1H3,(H,18,19). The summed E-state index contributed by atoms with van der Waals surface area (Å²) in [5.74, 6) is -0.141. The van der Waals surface area contributed by atoms with Crippen LogP contribution in [0.25, 0.3) is 0 Å². The van der Waals surface area contributed by atoms with E-state index in [1.807, 2.05) is 0 Å². The fourth-order valence-corrected chi connectivity index (χ4v) is 1.75. The zero-order chi connectivity index (χ0) is 15.2. The van der Waals surface area contributed by atoms with E-state index in [1.54, 1.807) is 30.3 Å². The normalized spacial score (nSPS) is 10.3. The average molecular weight is 293 g/mol. The summed E-state index contributed by atoms with van der Waals surface area (Å²) >= 11 is 0. The number of rotatable bonds is 5. The Morgan fingerprint density at radius 2 is 1.90 bits per heavy atom. The summed E-state index contributed by atoms with van der Waals surface area (Å²) in [6.45, 7) is -2.99. The van der Waals surface area contributed by atoms with E-state index in [-0.39, 0.29) is 11.3 Å². The molecule has 0 heterocycles. The van der Waals surface area contributed by atoms with Crippen LogP contribution in [0.3, 0.4) is 0 Å². The molecule has 0 saturated heterocycles. The number of hydrogen-bond donors (Lipinski definition) is 1. The average Bonchev–Trinajstić information content (AvgIpc) is 2.47. The summed E-state index contributed by atoms with van der Waals surface area (Å²) in [7, 11) is 1.51. The van der Waals surface area contributed by atoms with Gasteiger partial charge in [0.1, 0.15) is 11.5 Å². The van der Waals surface area contributed by atoms with E-state index < -0.39 is 12.5 Å². The molecule has 0 unspecified atom stereocenters. The van der Waals surface area contributed by atoms with Crippen LogP contribution < -0.4 is 14.8 Å². The summed E-state index contributed by atoms with van der Waals surface area (Å²) in [6.07, 6.45) is 0. The second kappa shape index (κ2) is 6.69. The molecule has 0 spiro atoms. The topological polar surface area (TPSA) is 47.6 Å². The number of carbonyl (C=O) groups is 1. The van der Waals surface area contributed by atoms with Crippen LogP contribution in [0.4, 0.5) is 14.5 Å². The Labute approximate surface area is 120 Å². The van der Waals surface area contributed by atoms with Crippen molar-refractivity contribution in [3.63, 3.8) is 0 Å². The van der Waals surface area contributed by atoms with Crippen LogP contribution >= 0.6 is 0 Å². The molecule has 0 radical (unpaired) electrons. The first-order valence-corrected chi connectivity index (χ1v) is 6.09. The predicted octanol–water partition coefficient (Wildman–Crippen LogP) is 3.55. The SMILES string of the molecule is COc1cccc(NC(=O)c2ccccc2OC(F)F)c1.